The van der Waals surface area contributed by atoms with Gasteiger partial charge < -0.3 is 20.1 Å². The molecule has 0 radical (unpaired) electrons. The molecule has 7 nitrogen and oxygen atoms in total. The number of ether oxygens (including phenoxy) is 2. The maximum absolute atomic E-state index is 12.0. The summed E-state index contributed by atoms with van der Waals surface area (Å²) < 4.78 is 10.9. The van der Waals surface area contributed by atoms with Gasteiger partial charge in [-0.25, -0.2) is 0 Å². The molecule has 0 aromatic heterocycles. The molecule has 0 bridgehead atoms. The van der Waals surface area contributed by atoms with Gasteiger partial charge in [-0.3, -0.25) is 14.4 Å². The first-order valence-electron chi connectivity index (χ1n) is 9.14. The lowest BCUT2D eigenvalue weighted by atomic mass is 10.2. The summed E-state index contributed by atoms with van der Waals surface area (Å²) in [7, 11) is 1.52. The molecule has 2 rings (SSSR count). The molecule has 9 heteroatoms. The maximum Gasteiger partial charge on any atom is 0.306 e. The minimum atomic E-state index is -0.555. The smallest absolute Gasteiger partial charge is 0.306 e. The summed E-state index contributed by atoms with van der Waals surface area (Å²) in [5.74, 6) is -0.717. The highest BCUT2D eigenvalue weighted by Crippen LogP contribution is 2.29. The average Bonchev–Trinajstić information content (AvgIpc) is 2.71. The minimum absolute atomic E-state index is 0.0236. The van der Waals surface area contributed by atoms with Crippen LogP contribution in [0.5, 0.6) is 5.75 Å². The van der Waals surface area contributed by atoms with E-state index in [1.165, 1.54) is 7.11 Å². The van der Waals surface area contributed by atoms with Crippen molar-refractivity contribution in [2.45, 2.75) is 26.2 Å². The van der Waals surface area contributed by atoms with Crippen LogP contribution in [0.25, 0.3) is 0 Å². The van der Waals surface area contributed by atoms with Crippen LogP contribution in [0.4, 0.5) is 11.4 Å². The molecule has 0 fully saturated rings. The van der Waals surface area contributed by atoms with Gasteiger partial charge in [0.25, 0.3) is 5.91 Å². The summed E-state index contributed by atoms with van der Waals surface area (Å²) in [6.45, 7) is 1.40. The molecule has 2 amide bonds. The van der Waals surface area contributed by atoms with Gasteiger partial charge in [-0.05, 0) is 59.1 Å². The predicted octanol–water partition coefficient (Wildman–Crippen LogP) is 4.71. The van der Waals surface area contributed by atoms with Crippen molar-refractivity contribution in [2.24, 2.45) is 0 Å². The second kappa shape index (κ2) is 11.6. The third-order valence-electron chi connectivity index (χ3n) is 4.07. The van der Waals surface area contributed by atoms with Gasteiger partial charge in [0, 0.05) is 23.0 Å². The van der Waals surface area contributed by atoms with E-state index in [0.29, 0.717) is 28.6 Å². The zero-order chi connectivity index (χ0) is 22.1. The summed E-state index contributed by atoms with van der Waals surface area (Å²) in [4.78, 5) is 35.8. The molecule has 0 unspecified atom stereocenters. The molecular formula is C21H22BrClN2O5. The first-order valence-corrected chi connectivity index (χ1v) is 10.3. The highest BCUT2D eigenvalue weighted by atomic mass is 79.9. The summed E-state index contributed by atoms with van der Waals surface area (Å²) >= 11 is 9.33. The molecule has 0 aliphatic carbocycles. The van der Waals surface area contributed by atoms with Crippen molar-refractivity contribution in [3.63, 3.8) is 0 Å². The van der Waals surface area contributed by atoms with Crippen molar-refractivity contribution in [2.75, 3.05) is 24.4 Å². The van der Waals surface area contributed by atoms with Gasteiger partial charge in [-0.2, -0.15) is 0 Å². The molecule has 0 atom stereocenters. The summed E-state index contributed by atoms with van der Waals surface area (Å²) in [5, 5.41) is 5.84. The average molecular weight is 498 g/mol. The fourth-order valence-corrected chi connectivity index (χ4v) is 3.16. The third kappa shape index (κ3) is 7.35. The zero-order valence-electron chi connectivity index (χ0n) is 16.6. The van der Waals surface area contributed by atoms with Crippen molar-refractivity contribution < 1.29 is 23.9 Å². The van der Waals surface area contributed by atoms with E-state index >= 15 is 0 Å². The number of nitrogens with one attached hydrogen (secondary N) is 2. The number of hydrogen-bond acceptors (Lipinski definition) is 5. The summed E-state index contributed by atoms with van der Waals surface area (Å²) in [6, 6.07) is 10.4. The van der Waals surface area contributed by atoms with Crippen LogP contribution in [-0.4, -0.2) is 31.5 Å². The Bertz CT molecular complexity index is 936. The van der Waals surface area contributed by atoms with Crippen LogP contribution < -0.4 is 15.4 Å². The first kappa shape index (κ1) is 23.7. The van der Waals surface area contributed by atoms with Gasteiger partial charge in [0.2, 0.25) is 5.91 Å². The van der Waals surface area contributed by atoms with Gasteiger partial charge in [0.1, 0.15) is 5.75 Å². The standard InChI is InChI=1S/C21H22BrClN2O5/c1-13-10-14(22)15(23)11-17(13)25-20(27)12-30-21(28)9-5-8-19(26)24-16-6-3-4-7-18(16)29-2/h3-4,6-7,10-11H,5,8-9,12H2,1-2H3,(H,24,26)(H,25,27). The second-order valence-corrected chi connectivity index (χ2v) is 7.65. The molecule has 160 valence electrons. The molecule has 0 aliphatic heterocycles. The Morgan fingerprint density at radius 1 is 1.03 bits per heavy atom. The van der Waals surface area contributed by atoms with E-state index < -0.39 is 18.5 Å². The Balaban J connectivity index is 1.70. The Morgan fingerprint density at radius 3 is 2.47 bits per heavy atom. The minimum Gasteiger partial charge on any atom is -0.495 e. The van der Waals surface area contributed by atoms with E-state index in [2.05, 4.69) is 26.6 Å². The van der Waals surface area contributed by atoms with Crippen LogP contribution >= 0.6 is 27.5 Å². The molecule has 2 N–H and O–H groups in total. The fourth-order valence-electron chi connectivity index (χ4n) is 2.54. The largest absolute Gasteiger partial charge is 0.495 e. The number of amides is 2. The maximum atomic E-state index is 12.0. The third-order valence-corrected chi connectivity index (χ3v) is 5.27. The Morgan fingerprint density at radius 2 is 1.73 bits per heavy atom. The van der Waals surface area contributed by atoms with Crippen LogP contribution in [0.2, 0.25) is 5.02 Å². The number of rotatable bonds is 9. The van der Waals surface area contributed by atoms with E-state index in [1.54, 1.807) is 36.4 Å². The quantitative estimate of drug-likeness (QED) is 0.489. The molecule has 0 spiro atoms. The number of hydrogen-bond donors (Lipinski definition) is 2. The number of para-hydroxylation sites is 2. The fraction of sp³-hybridized carbons (Fsp3) is 0.286. The van der Waals surface area contributed by atoms with Crippen LogP contribution in [0.3, 0.4) is 0 Å². The highest BCUT2D eigenvalue weighted by Gasteiger charge is 2.12. The van der Waals surface area contributed by atoms with Crippen LogP contribution in [-0.2, 0) is 19.1 Å². The normalized spacial score (nSPS) is 10.3. The number of carbonyl (C=O) groups excluding carboxylic acids is 3. The van der Waals surface area contributed by atoms with E-state index in [0.717, 1.165) is 10.0 Å². The number of methoxy groups -OCH3 is 1. The SMILES string of the molecule is COc1ccccc1NC(=O)CCCC(=O)OCC(=O)Nc1cc(Cl)c(Br)cc1C. The van der Waals surface area contributed by atoms with Crippen molar-refractivity contribution in [1.29, 1.82) is 0 Å². The topological polar surface area (TPSA) is 93.7 Å². The van der Waals surface area contributed by atoms with E-state index in [4.69, 9.17) is 21.1 Å². The van der Waals surface area contributed by atoms with Gasteiger partial charge in [0.05, 0.1) is 17.8 Å². The van der Waals surface area contributed by atoms with E-state index in [9.17, 15) is 14.4 Å². The number of esters is 1. The van der Waals surface area contributed by atoms with Crippen LogP contribution in [0.1, 0.15) is 24.8 Å². The van der Waals surface area contributed by atoms with E-state index in [-0.39, 0.29) is 18.7 Å². The molecule has 2 aromatic carbocycles. The monoisotopic (exact) mass is 496 g/mol. The van der Waals surface area contributed by atoms with Crippen molar-refractivity contribution in [1.82, 2.24) is 0 Å². The van der Waals surface area contributed by atoms with Gasteiger partial charge in [-0.1, -0.05) is 23.7 Å². The summed E-state index contributed by atoms with van der Waals surface area (Å²) in [5.41, 5.74) is 1.91. The number of benzene rings is 2. The number of carbonyl (C=O) groups is 3. The number of halogens is 2. The van der Waals surface area contributed by atoms with Gasteiger partial charge >= 0.3 is 5.97 Å². The van der Waals surface area contributed by atoms with Crippen LogP contribution in [0.15, 0.2) is 40.9 Å². The van der Waals surface area contributed by atoms with Crippen molar-refractivity contribution in [3.05, 3.63) is 51.5 Å². The molecule has 0 saturated heterocycles. The first-order chi connectivity index (χ1) is 14.3. The summed E-state index contributed by atoms with van der Waals surface area (Å²) in [6.07, 6.45) is 0.453. The Hall–Kier alpha value is -2.58. The molecule has 0 saturated carbocycles. The number of aryl methyl sites for hydroxylation is 1. The Kier molecular flexibility index (Phi) is 9.14. The molecular weight excluding hydrogens is 476 g/mol. The molecule has 0 aliphatic rings. The van der Waals surface area contributed by atoms with Crippen molar-refractivity contribution in [3.8, 4) is 5.75 Å². The highest BCUT2D eigenvalue weighted by molar-refractivity contribution is 9.10. The lowest BCUT2D eigenvalue weighted by Crippen LogP contribution is -2.21. The zero-order valence-corrected chi connectivity index (χ0v) is 18.9. The van der Waals surface area contributed by atoms with Gasteiger partial charge in [-0.15, -0.1) is 0 Å². The lowest BCUT2D eigenvalue weighted by Gasteiger charge is -2.11. The van der Waals surface area contributed by atoms with Crippen LogP contribution in [0, 0.1) is 6.92 Å². The predicted molar refractivity (Wildman–Crippen MR) is 119 cm³/mol. The van der Waals surface area contributed by atoms with Gasteiger partial charge in [0.15, 0.2) is 6.61 Å². The molecule has 0 heterocycles. The molecule has 2 aromatic rings. The second-order valence-electron chi connectivity index (χ2n) is 6.39. The number of anilines is 2. The Labute approximate surface area is 188 Å². The van der Waals surface area contributed by atoms with E-state index in [1.807, 2.05) is 6.92 Å². The van der Waals surface area contributed by atoms with Crippen molar-refractivity contribution >= 4 is 56.7 Å². The molecule has 30 heavy (non-hydrogen) atoms. The lowest BCUT2D eigenvalue weighted by molar-refractivity contribution is -0.147.